The second-order valence-corrected chi connectivity index (χ2v) is 12.3. The van der Waals surface area contributed by atoms with E-state index in [0.717, 1.165) is 75.1 Å². The number of nitrogens with zero attached hydrogens (tertiary/aromatic N) is 2. The lowest BCUT2D eigenvalue weighted by Crippen LogP contribution is -2.24. The van der Waals surface area contributed by atoms with E-state index in [9.17, 15) is 4.79 Å². The van der Waals surface area contributed by atoms with Gasteiger partial charge in [0.2, 0.25) is 0 Å². The van der Waals surface area contributed by atoms with E-state index < -0.39 is 5.97 Å². The Hall–Kier alpha value is -2.65. The molecule has 1 atom stereocenters. The number of ether oxygens (including phenoxy) is 3. The molecule has 1 aliphatic heterocycles. The van der Waals surface area contributed by atoms with Crippen molar-refractivity contribution in [1.29, 1.82) is 0 Å². The van der Waals surface area contributed by atoms with Crippen LogP contribution in [0.15, 0.2) is 59.6 Å². The molecule has 0 amide bonds. The molecule has 2 aromatic carbocycles. The maximum absolute atomic E-state index is 10.8. The molecule has 7 nitrogen and oxygen atoms in total. The Morgan fingerprint density at radius 3 is 2.46 bits per heavy atom. The Labute approximate surface area is 247 Å². The molecule has 1 aromatic heterocycles. The first kappa shape index (κ1) is 29.8. The van der Waals surface area contributed by atoms with Gasteiger partial charge in [0.05, 0.1) is 13.2 Å². The molecule has 1 aliphatic carbocycles. The highest BCUT2D eigenvalue weighted by atomic mass is 32.2. The minimum absolute atomic E-state index is 0.0827. The van der Waals surface area contributed by atoms with Crippen LogP contribution in [0.3, 0.4) is 0 Å². The van der Waals surface area contributed by atoms with Crippen LogP contribution in [0.4, 0.5) is 0 Å². The highest BCUT2D eigenvalue weighted by Crippen LogP contribution is 2.41. The van der Waals surface area contributed by atoms with Gasteiger partial charge < -0.3 is 19.3 Å². The number of benzene rings is 2. The van der Waals surface area contributed by atoms with Gasteiger partial charge in [-0.3, -0.25) is 4.68 Å². The lowest BCUT2D eigenvalue weighted by atomic mass is 9.82. The summed E-state index contributed by atoms with van der Waals surface area (Å²) in [5, 5.41) is 15.3. The van der Waals surface area contributed by atoms with Crippen molar-refractivity contribution in [3.63, 3.8) is 0 Å². The molecule has 41 heavy (non-hydrogen) atoms. The van der Waals surface area contributed by atoms with Crippen molar-refractivity contribution < 1.29 is 24.1 Å². The number of carbonyl (C=O) groups is 1. The number of aromatic nitrogens is 2. The number of thioether (sulfide) groups is 1. The van der Waals surface area contributed by atoms with Gasteiger partial charge in [0.15, 0.2) is 6.29 Å². The van der Waals surface area contributed by atoms with Crippen molar-refractivity contribution in [1.82, 2.24) is 9.78 Å². The molecular weight excluding hydrogens is 536 g/mol. The number of carboxylic acids is 1. The van der Waals surface area contributed by atoms with Gasteiger partial charge in [0.1, 0.15) is 17.3 Å². The molecule has 2 heterocycles. The van der Waals surface area contributed by atoms with Gasteiger partial charge in [-0.25, -0.2) is 4.79 Å². The smallest absolute Gasteiger partial charge is 0.329 e. The summed E-state index contributed by atoms with van der Waals surface area (Å²) in [4.78, 5) is 10.8. The normalized spacial score (nSPS) is 21.1. The fourth-order valence-electron chi connectivity index (χ4n) is 5.79. The summed E-state index contributed by atoms with van der Waals surface area (Å²) in [6.07, 6.45) is 7.46. The summed E-state index contributed by atoms with van der Waals surface area (Å²) < 4.78 is 19.5. The van der Waals surface area contributed by atoms with E-state index in [1.807, 2.05) is 11.8 Å². The van der Waals surface area contributed by atoms with Crippen LogP contribution in [-0.2, 0) is 25.5 Å². The largest absolute Gasteiger partial charge is 0.480 e. The number of aliphatic carboxylic acids is 1. The molecule has 1 N–H and O–H groups in total. The molecule has 1 saturated carbocycles. The van der Waals surface area contributed by atoms with E-state index in [2.05, 4.69) is 66.2 Å². The summed E-state index contributed by atoms with van der Waals surface area (Å²) in [7, 11) is 0. The highest BCUT2D eigenvalue weighted by molar-refractivity contribution is 7.99. The average molecular weight is 579 g/mol. The SMILES string of the molecule is Cc1ccc(-c2nn(C[C@H]3CC[C@@H](COCC(=O)O)CC3)c(SCCOC3CCCCO3)c2-c2ccccc2)cc1. The van der Waals surface area contributed by atoms with E-state index in [-0.39, 0.29) is 12.9 Å². The van der Waals surface area contributed by atoms with Crippen LogP contribution in [0.5, 0.6) is 0 Å². The predicted molar refractivity (Wildman–Crippen MR) is 162 cm³/mol. The van der Waals surface area contributed by atoms with E-state index in [0.29, 0.717) is 25.0 Å². The maximum Gasteiger partial charge on any atom is 0.329 e. The Morgan fingerprint density at radius 1 is 1.00 bits per heavy atom. The zero-order chi connectivity index (χ0) is 28.4. The van der Waals surface area contributed by atoms with Gasteiger partial charge in [-0.2, -0.15) is 5.10 Å². The lowest BCUT2D eigenvalue weighted by molar-refractivity contribution is -0.158. The number of hydrogen-bond donors (Lipinski definition) is 1. The molecule has 220 valence electrons. The third-order valence-corrected chi connectivity index (χ3v) is 9.09. The zero-order valence-electron chi connectivity index (χ0n) is 24.0. The molecule has 2 fully saturated rings. The summed E-state index contributed by atoms with van der Waals surface area (Å²) in [6.45, 7) is 4.72. The Kier molecular flexibility index (Phi) is 10.9. The van der Waals surface area contributed by atoms with Gasteiger partial charge in [0.25, 0.3) is 0 Å². The maximum atomic E-state index is 10.8. The summed E-state index contributed by atoms with van der Waals surface area (Å²) in [5.74, 6) is 0.870. The standard InChI is InChI=1S/C33H42N2O5S/c1-24-10-16-28(17-11-24)32-31(27-7-3-2-4-8-27)33(41-20-19-40-30-9-5-6-18-39-30)35(34-32)21-25-12-14-26(15-13-25)22-38-23-29(36)37/h2-4,7-8,10-11,16-17,25-26,30H,5-6,9,12-15,18-23H2,1H3,(H,36,37)/t25-,26+,30?. The molecule has 5 rings (SSSR count). The van der Waals surface area contributed by atoms with Crippen molar-refractivity contribution in [2.24, 2.45) is 11.8 Å². The van der Waals surface area contributed by atoms with Crippen molar-refractivity contribution in [3.05, 3.63) is 60.2 Å². The second-order valence-electron chi connectivity index (χ2n) is 11.3. The average Bonchev–Trinajstić information content (AvgIpc) is 3.35. The van der Waals surface area contributed by atoms with Gasteiger partial charge >= 0.3 is 5.97 Å². The highest BCUT2D eigenvalue weighted by Gasteiger charge is 2.26. The molecule has 1 saturated heterocycles. The van der Waals surface area contributed by atoms with Crippen LogP contribution in [0.25, 0.3) is 22.4 Å². The fourth-order valence-corrected chi connectivity index (χ4v) is 6.79. The third-order valence-electron chi connectivity index (χ3n) is 8.03. The van der Waals surface area contributed by atoms with Crippen LogP contribution < -0.4 is 0 Å². The first-order valence-electron chi connectivity index (χ1n) is 15.0. The van der Waals surface area contributed by atoms with Crippen molar-refractivity contribution in [3.8, 4) is 22.4 Å². The van der Waals surface area contributed by atoms with Crippen LogP contribution in [-0.4, -0.2) is 59.3 Å². The van der Waals surface area contributed by atoms with Gasteiger partial charge in [-0.05, 0) is 69.3 Å². The second kappa shape index (κ2) is 15.0. The predicted octanol–water partition coefficient (Wildman–Crippen LogP) is 7.07. The zero-order valence-corrected chi connectivity index (χ0v) is 24.8. The molecule has 3 aromatic rings. The quantitative estimate of drug-likeness (QED) is 0.172. The number of hydrogen-bond acceptors (Lipinski definition) is 6. The van der Waals surface area contributed by atoms with Crippen LogP contribution >= 0.6 is 11.8 Å². The first-order chi connectivity index (χ1) is 20.1. The Bertz CT molecular complexity index is 1230. The summed E-state index contributed by atoms with van der Waals surface area (Å²) in [5.41, 5.74) is 5.74. The van der Waals surface area contributed by atoms with E-state index in [1.165, 1.54) is 21.7 Å². The molecule has 0 spiro atoms. The van der Waals surface area contributed by atoms with Crippen molar-refractivity contribution >= 4 is 17.7 Å². The molecule has 1 unspecified atom stereocenters. The van der Waals surface area contributed by atoms with E-state index >= 15 is 0 Å². The van der Waals surface area contributed by atoms with Crippen LogP contribution in [0.2, 0.25) is 0 Å². The monoisotopic (exact) mass is 578 g/mol. The minimum Gasteiger partial charge on any atom is -0.480 e. The van der Waals surface area contributed by atoms with E-state index in [4.69, 9.17) is 24.4 Å². The van der Waals surface area contributed by atoms with Gasteiger partial charge in [-0.1, -0.05) is 60.2 Å². The lowest BCUT2D eigenvalue weighted by Gasteiger charge is -2.28. The van der Waals surface area contributed by atoms with Gasteiger partial charge in [0, 0.05) is 30.0 Å². The molecule has 2 aliphatic rings. The van der Waals surface area contributed by atoms with Crippen LogP contribution in [0, 0.1) is 18.8 Å². The number of carboxylic acid groups (broad SMARTS) is 1. The van der Waals surface area contributed by atoms with E-state index in [1.54, 1.807) is 0 Å². The van der Waals surface area contributed by atoms with Gasteiger partial charge in [-0.15, -0.1) is 11.8 Å². The summed E-state index contributed by atoms with van der Waals surface area (Å²) >= 11 is 1.82. The fraction of sp³-hybridized carbons (Fsp3) is 0.515. The molecule has 8 heteroatoms. The third kappa shape index (κ3) is 8.44. The van der Waals surface area contributed by atoms with Crippen molar-refractivity contribution in [2.45, 2.75) is 69.7 Å². The number of aryl methyl sites for hydroxylation is 1. The molecule has 0 bridgehead atoms. The van der Waals surface area contributed by atoms with Crippen LogP contribution in [0.1, 0.15) is 50.5 Å². The first-order valence-corrected chi connectivity index (χ1v) is 15.9. The molecular formula is C33H42N2O5S. The minimum atomic E-state index is -0.905. The topological polar surface area (TPSA) is 82.8 Å². The Morgan fingerprint density at radius 2 is 1.76 bits per heavy atom. The molecule has 0 radical (unpaired) electrons. The number of rotatable bonds is 13. The Balaban J connectivity index is 1.36. The summed E-state index contributed by atoms with van der Waals surface area (Å²) in [6, 6.07) is 19.3. The van der Waals surface area contributed by atoms with Crippen molar-refractivity contribution in [2.75, 3.05) is 32.2 Å².